The monoisotopic (exact) mass is 255 g/mol. The number of carbonyl (C=O) groups excluding carboxylic acids is 1. The molecule has 0 saturated heterocycles. The molecule has 0 bridgehead atoms. The van der Waals surface area contributed by atoms with Crippen molar-refractivity contribution in [2.75, 3.05) is 11.9 Å². The minimum Gasteiger partial charge on any atom is -0.479 e. The fraction of sp³-hybridized carbons (Fsp3) is 0.333. The molecule has 0 aliphatic heterocycles. The lowest BCUT2D eigenvalue weighted by Crippen LogP contribution is -2.42. The molecule has 0 aliphatic carbocycles. The molecule has 1 rings (SSSR count). The van der Waals surface area contributed by atoms with Gasteiger partial charge in [0, 0.05) is 5.69 Å². The second kappa shape index (κ2) is 5.14. The van der Waals surface area contributed by atoms with Gasteiger partial charge in [0.05, 0.1) is 12.1 Å². The van der Waals surface area contributed by atoms with Crippen LogP contribution in [0.4, 0.5) is 10.1 Å². The third kappa shape index (κ3) is 3.04. The van der Waals surface area contributed by atoms with E-state index in [9.17, 15) is 19.1 Å². The van der Waals surface area contributed by atoms with E-state index in [2.05, 4.69) is 5.32 Å². The number of rotatable bonds is 5. The van der Waals surface area contributed by atoms with Crippen LogP contribution in [0, 0.1) is 5.82 Å². The van der Waals surface area contributed by atoms with E-state index >= 15 is 0 Å². The molecule has 0 heterocycles. The van der Waals surface area contributed by atoms with Crippen molar-refractivity contribution in [3.05, 3.63) is 29.6 Å². The van der Waals surface area contributed by atoms with Crippen LogP contribution in [0.25, 0.3) is 0 Å². The molecule has 1 atom stereocenters. The van der Waals surface area contributed by atoms with Gasteiger partial charge in [-0.2, -0.15) is 0 Å². The zero-order valence-electron chi connectivity index (χ0n) is 10.0. The van der Waals surface area contributed by atoms with Crippen molar-refractivity contribution in [2.45, 2.75) is 19.4 Å². The van der Waals surface area contributed by atoms with Crippen molar-refractivity contribution in [2.24, 2.45) is 0 Å². The van der Waals surface area contributed by atoms with Gasteiger partial charge in [0.15, 0.2) is 11.4 Å². The highest BCUT2D eigenvalue weighted by atomic mass is 19.1. The molecule has 0 spiro atoms. The maximum Gasteiger partial charge on any atom is 0.337 e. The predicted octanol–water partition coefficient (Wildman–Crippen LogP) is 1.28. The van der Waals surface area contributed by atoms with Crippen molar-refractivity contribution < 1.29 is 24.2 Å². The Bertz CT molecular complexity index is 485. The fourth-order valence-electron chi connectivity index (χ4n) is 1.37. The highest BCUT2D eigenvalue weighted by Gasteiger charge is 2.30. The number of carboxylic acids is 1. The first-order valence-electron chi connectivity index (χ1n) is 5.25. The number of ketones is 1. The molecular weight excluding hydrogens is 241 g/mol. The lowest BCUT2D eigenvalue weighted by Gasteiger charge is -2.20. The normalized spacial score (nSPS) is 13.8. The Kier molecular flexibility index (Phi) is 4.03. The maximum absolute atomic E-state index is 13.4. The lowest BCUT2D eigenvalue weighted by atomic mass is 10.1. The van der Waals surface area contributed by atoms with Crippen LogP contribution in [-0.2, 0) is 4.79 Å². The van der Waals surface area contributed by atoms with Crippen LogP contribution in [0.1, 0.15) is 24.2 Å². The maximum atomic E-state index is 13.4. The summed E-state index contributed by atoms with van der Waals surface area (Å²) in [5.74, 6) is -2.58. The SMILES string of the molecule is CC(=O)c1c(F)cccc1NCC(C)(O)C(=O)O. The van der Waals surface area contributed by atoms with Crippen LogP contribution >= 0.6 is 0 Å². The van der Waals surface area contributed by atoms with Gasteiger partial charge in [-0.25, -0.2) is 9.18 Å². The smallest absolute Gasteiger partial charge is 0.337 e. The molecule has 98 valence electrons. The summed E-state index contributed by atoms with van der Waals surface area (Å²) in [4.78, 5) is 22.0. The molecular formula is C12H14FNO4. The molecule has 0 fully saturated rings. The average molecular weight is 255 g/mol. The third-order valence-electron chi connectivity index (χ3n) is 2.45. The summed E-state index contributed by atoms with van der Waals surface area (Å²) in [6.45, 7) is 1.97. The van der Waals surface area contributed by atoms with Gasteiger partial charge < -0.3 is 15.5 Å². The summed E-state index contributed by atoms with van der Waals surface area (Å²) < 4.78 is 13.4. The number of carboxylic acid groups (broad SMARTS) is 1. The molecule has 6 heteroatoms. The molecule has 18 heavy (non-hydrogen) atoms. The van der Waals surface area contributed by atoms with Crippen molar-refractivity contribution in [1.82, 2.24) is 0 Å². The topological polar surface area (TPSA) is 86.6 Å². The Morgan fingerprint density at radius 3 is 2.56 bits per heavy atom. The predicted molar refractivity (Wildman–Crippen MR) is 63.2 cm³/mol. The Morgan fingerprint density at radius 2 is 2.06 bits per heavy atom. The summed E-state index contributed by atoms with van der Waals surface area (Å²) in [6.07, 6.45) is 0. The number of aliphatic hydroxyl groups is 1. The Morgan fingerprint density at radius 1 is 1.44 bits per heavy atom. The van der Waals surface area contributed by atoms with Crippen LogP contribution in [-0.4, -0.2) is 34.1 Å². The number of aliphatic carboxylic acids is 1. The van der Waals surface area contributed by atoms with E-state index < -0.39 is 23.2 Å². The Labute approximate surface area is 103 Å². The first-order valence-corrected chi connectivity index (χ1v) is 5.25. The summed E-state index contributed by atoms with van der Waals surface area (Å²) in [6, 6.07) is 3.97. The number of anilines is 1. The van der Waals surface area contributed by atoms with Crippen molar-refractivity contribution in [3.8, 4) is 0 Å². The first-order chi connectivity index (χ1) is 8.25. The third-order valence-corrected chi connectivity index (χ3v) is 2.45. The zero-order chi connectivity index (χ0) is 13.9. The van der Waals surface area contributed by atoms with E-state index in [-0.39, 0.29) is 17.8 Å². The van der Waals surface area contributed by atoms with Crippen molar-refractivity contribution >= 4 is 17.4 Å². The summed E-state index contributed by atoms with van der Waals surface area (Å²) in [7, 11) is 0. The summed E-state index contributed by atoms with van der Waals surface area (Å²) >= 11 is 0. The largest absolute Gasteiger partial charge is 0.479 e. The number of benzene rings is 1. The summed E-state index contributed by atoms with van der Waals surface area (Å²) in [5.41, 5.74) is -2.00. The zero-order valence-corrected chi connectivity index (χ0v) is 10.0. The van der Waals surface area contributed by atoms with Gasteiger partial charge in [0.2, 0.25) is 0 Å². The van der Waals surface area contributed by atoms with E-state index in [0.717, 1.165) is 13.0 Å². The standard InChI is InChI=1S/C12H14FNO4/c1-7(15)10-8(13)4-3-5-9(10)14-6-12(2,18)11(16)17/h3-5,14,18H,6H2,1-2H3,(H,16,17). The van der Waals surface area contributed by atoms with Crippen LogP contribution in [0.3, 0.4) is 0 Å². The van der Waals surface area contributed by atoms with E-state index in [1.165, 1.54) is 19.1 Å². The number of hydrogen-bond acceptors (Lipinski definition) is 4. The number of halogens is 1. The van der Waals surface area contributed by atoms with Gasteiger partial charge in [-0.15, -0.1) is 0 Å². The molecule has 0 radical (unpaired) electrons. The molecule has 0 amide bonds. The van der Waals surface area contributed by atoms with Gasteiger partial charge in [-0.05, 0) is 26.0 Å². The first kappa shape index (κ1) is 14.1. The van der Waals surface area contributed by atoms with Gasteiger partial charge in [-0.3, -0.25) is 4.79 Å². The highest BCUT2D eigenvalue weighted by molar-refractivity contribution is 5.99. The molecule has 1 aromatic rings. The summed E-state index contributed by atoms with van der Waals surface area (Å²) in [5, 5.41) is 20.8. The van der Waals surface area contributed by atoms with Gasteiger partial charge in [0.25, 0.3) is 0 Å². The molecule has 1 unspecified atom stereocenters. The quantitative estimate of drug-likeness (QED) is 0.690. The minimum absolute atomic E-state index is 0.154. The molecule has 0 aromatic heterocycles. The Hall–Kier alpha value is -1.95. The lowest BCUT2D eigenvalue weighted by molar-refractivity contribution is -0.155. The molecule has 0 saturated carbocycles. The molecule has 0 aliphatic rings. The second-order valence-corrected chi connectivity index (χ2v) is 4.15. The Balaban J connectivity index is 2.96. The highest BCUT2D eigenvalue weighted by Crippen LogP contribution is 2.20. The average Bonchev–Trinajstić information content (AvgIpc) is 2.25. The minimum atomic E-state index is -2.00. The van der Waals surface area contributed by atoms with Crippen LogP contribution in [0.15, 0.2) is 18.2 Å². The van der Waals surface area contributed by atoms with Crippen molar-refractivity contribution in [1.29, 1.82) is 0 Å². The van der Waals surface area contributed by atoms with Crippen molar-refractivity contribution in [3.63, 3.8) is 0 Å². The van der Waals surface area contributed by atoms with Gasteiger partial charge >= 0.3 is 5.97 Å². The molecule has 1 aromatic carbocycles. The molecule has 5 nitrogen and oxygen atoms in total. The van der Waals surface area contributed by atoms with Crippen LogP contribution < -0.4 is 5.32 Å². The number of nitrogens with one attached hydrogen (secondary N) is 1. The number of carbonyl (C=O) groups is 2. The second-order valence-electron chi connectivity index (χ2n) is 4.15. The number of hydrogen-bond donors (Lipinski definition) is 3. The fourth-order valence-corrected chi connectivity index (χ4v) is 1.37. The van der Waals surface area contributed by atoms with Crippen LogP contribution in [0.2, 0.25) is 0 Å². The van der Waals surface area contributed by atoms with E-state index in [1.807, 2.05) is 0 Å². The van der Waals surface area contributed by atoms with E-state index in [0.29, 0.717) is 0 Å². The van der Waals surface area contributed by atoms with Gasteiger partial charge in [0.1, 0.15) is 5.82 Å². The number of Topliss-reactive ketones (excluding diaryl/α,β-unsaturated/α-hetero) is 1. The molecule has 3 N–H and O–H groups in total. The van der Waals surface area contributed by atoms with Crippen LogP contribution in [0.5, 0.6) is 0 Å². The van der Waals surface area contributed by atoms with Gasteiger partial charge in [-0.1, -0.05) is 6.07 Å². The van der Waals surface area contributed by atoms with E-state index in [4.69, 9.17) is 5.11 Å². The van der Waals surface area contributed by atoms with E-state index in [1.54, 1.807) is 0 Å².